The van der Waals surface area contributed by atoms with Gasteiger partial charge in [0.25, 0.3) is 0 Å². The fourth-order valence-electron chi connectivity index (χ4n) is 15.7. The minimum atomic E-state index is 0.0726. The summed E-state index contributed by atoms with van der Waals surface area (Å²) in [6.07, 6.45) is 0. The predicted octanol–water partition coefficient (Wildman–Crippen LogP) is 31.4. The van der Waals surface area contributed by atoms with E-state index in [0.717, 1.165) is 88.6 Å². The Hall–Kier alpha value is -10.9. The molecule has 0 spiro atoms. The second-order valence-electron chi connectivity index (χ2n) is 34.7. The van der Waals surface area contributed by atoms with Crippen LogP contribution in [-0.2, 0) is 21.7 Å². The highest BCUT2D eigenvalue weighted by molar-refractivity contribution is 8.27. The Morgan fingerprint density at radius 2 is 0.393 bits per heavy atom. The first kappa shape index (κ1) is 76.5. The van der Waals surface area contributed by atoms with E-state index in [1.165, 1.54) is 122 Å². The third-order valence-corrected chi connectivity index (χ3v) is 24.7. The molecule has 1 saturated heterocycles. The van der Waals surface area contributed by atoms with Crippen molar-refractivity contribution in [3.63, 3.8) is 0 Å². The number of hydrogen-bond donors (Lipinski definition) is 0. The van der Waals surface area contributed by atoms with Gasteiger partial charge < -0.3 is 0 Å². The first-order chi connectivity index (χ1) is 53.6. The molecule has 0 N–H and O–H groups in total. The van der Waals surface area contributed by atoms with E-state index < -0.39 is 0 Å². The maximum atomic E-state index is 5.71. The van der Waals surface area contributed by atoms with Crippen LogP contribution in [-0.4, -0.2) is 21.6 Å². The summed E-state index contributed by atoms with van der Waals surface area (Å²) in [4.78, 5) is 11.4. The van der Waals surface area contributed by atoms with Gasteiger partial charge >= 0.3 is 0 Å². The van der Waals surface area contributed by atoms with Gasteiger partial charge in [0, 0.05) is 11.5 Å². The summed E-state index contributed by atoms with van der Waals surface area (Å²) < 4.78 is 0. The Bertz CT molecular complexity index is 5160. The zero-order valence-electron chi connectivity index (χ0n) is 68.0. The molecule has 0 radical (unpaired) electrons. The third kappa shape index (κ3) is 16.6. The largest absolute Gasteiger partial charge is 0.239 e. The van der Waals surface area contributed by atoms with Gasteiger partial charge in [-0.25, -0.2) is 9.98 Å². The average molecular weight is 1490 g/mol. The Morgan fingerprint density at radius 3 is 0.598 bits per heavy atom. The van der Waals surface area contributed by atoms with E-state index in [1.54, 1.807) is 0 Å². The van der Waals surface area contributed by atoms with Crippen LogP contribution in [0.1, 0.15) is 128 Å². The molecule has 0 aliphatic carbocycles. The first-order valence-corrected chi connectivity index (χ1v) is 41.6. The maximum Gasteiger partial charge on any atom is 0.129 e. The van der Waals surface area contributed by atoms with Crippen LogP contribution in [0.15, 0.2) is 313 Å². The van der Waals surface area contributed by atoms with Crippen LogP contribution in [0.5, 0.6) is 0 Å². The molecule has 0 saturated carbocycles. The summed E-state index contributed by atoms with van der Waals surface area (Å²) in [5.74, 6) is 1.88. The monoisotopic (exact) mass is 1490 g/mol. The number of nitrogens with zero attached hydrogens (tertiary/aromatic N) is 2. The molecule has 0 aromatic heterocycles. The fourth-order valence-corrected chi connectivity index (χ4v) is 17.8. The molecule has 0 atom stereocenters. The standard InChI is InChI=1S/C108H102N2S2/c1-69-61-89(99-95(83-35-27-75(28-36-83)79-43-51-91(52-44-79)105(5,6)7)65-87(73-23-19-17-20-24-73)66-96(99)84-37-29-76(30-38-84)80-45-53-92(54-46-80)106(8,9)10)62-70(2)101(69)109-103-104(112-60-59-111-103)110-102-71(3)63-90(64-72(102)4)100-97(85-39-31-77(32-40-85)81-47-55-93(56-48-81)107(11,12)13)67-88(74-25-21-18-22-26-74)68-98(100)86-41-33-78(34-42-86)82-49-57-94(58-50-82)108(14,15)16/h17-58,61-68H,59-60H2,1-16H3. The molecule has 4 heteroatoms. The lowest BCUT2D eigenvalue weighted by atomic mass is 9.83. The van der Waals surface area contributed by atoms with Gasteiger partial charge in [-0.1, -0.05) is 338 Å². The van der Waals surface area contributed by atoms with Gasteiger partial charge in [0.1, 0.15) is 10.1 Å². The molecule has 112 heavy (non-hydrogen) atoms. The van der Waals surface area contributed by atoms with Crippen molar-refractivity contribution < 1.29 is 0 Å². The third-order valence-electron chi connectivity index (χ3n) is 22.3. The lowest BCUT2D eigenvalue weighted by Crippen LogP contribution is -2.14. The van der Waals surface area contributed by atoms with Gasteiger partial charge in [-0.05, 0) is 276 Å². The highest BCUT2D eigenvalue weighted by atomic mass is 32.2. The lowest BCUT2D eigenvalue weighted by molar-refractivity contribution is 0.590. The van der Waals surface area contributed by atoms with Crippen molar-refractivity contribution in [3.05, 3.63) is 348 Å². The predicted molar refractivity (Wildman–Crippen MR) is 491 cm³/mol. The van der Waals surface area contributed by atoms with Crippen molar-refractivity contribution in [2.75, 3.05) is 11.5 Å². The summed E-state index contributed by atoms with van der Waals surface area (Å²) in [6.45, 7) is 36.3. The number of hydrogen-bond acceptors (Lipinski definition) is 4. The molecule has 556 valence electrons. The Kier molecular flexibility index (Phi) is 21.4. The summed E-state index contributed by atoms with van der Waals surface area (Å²) in [7, 11) is 0. The van der Waals surface area contributed by atoms with Crippen LogP contribution >= 0.6 is 23.5 Å². The summed E-state index contributed by atoms with van der Waals surface area (Å²) in [5, 5.41) is 1.91. The van der Waals surface area contributed by atoms with Gasteiger partial charge in [0.2, 0.25) is 0 Å². The highest BCUT2D eigenvalue weighted by Crippen LogP contribution is 2.49. The van der Waals surface area contributed by atoms with Crippen LogP contribution < -0.4 is 0 Å². The number of aliphatic imine (C=N–C) groups is 2. The maximum absolute atomic E-state index is 5.71. The molecule has 0 bridgehead atoms. The van der Waals surface area contributed by atoms with Gasteiger partial charge in [-0.2, -0.15) is 0 Å². The summed E-state index contributed by atoms with van der Waals surface area (Å²) in [6, 6.07) is 114. The van der Waals surface area contributed by atoms with Crippen LogP contribution in [0, 0.1) is 27.7 Å². The number of benzene rings is 14. The van der Waals surface area contributed by atoms with Crippen molar-refractivity contribution in [2.45, 2.75) is 132 Å². The lowest BCUT2D eigenvalue weighted by Gasteiger charge is -2.22. The quantitative estimate of drug-likeness (QED) is 0.108. The van der Waals surface area contributed by atoms with Gasteiger partial charge in [0.05, 0.1) is 11.4 Å². The van der Waals surface area contributed by atoms with E-state index in [2.05, 4.69) is 414 Å². The van der Waals surface area contributed by atoms with Gasteiger partial charge in [-0.15, -0.1) is 23.5 Å². The van der Waals surface area contributed by atoms with Crippen molar-refractivity contribution in [1.82, 2.24) is 0 Å². The molecule has 0 amide bonds. The van der Waals surface area contributed by atoms with Gasteiger partial charge in [0.15, 0.2) is 0 Å². The normalized spacial score (nSPS) is 13.6. The van der Waals surface area contributed by atoms with Crippen molar-refractivity contribution in [3.8, 4) is 134 Å². The minimum Gasteiger partial charge on any atom is -0.239 e. The van der Waals surface area contributed by atoms with Crippen molar-refractivity contribution >= 4 is 45.0 Å². The fraction of sp³-hybridized carbons (Fsp3) is 0.204. The second-order valence-corrected chi connectivity index (χ2v) is 36.9. The summed E-state index contributed by atoms with van der Waals surface area (Å²) >= 11 is 3.63. The summed E-state index contributed by atoms with van der Waals surface area (Å²) in [5.41, 5.74) is 40.3. The molecule has 1 aliphatic rings. The Balaban J connectivity index is 0.832. The molecule has 0 unspecified atom stereocenters. The molecule has 1 heterocycles. The molecule has 2 nitrogen and oxygen atoms in total. The molecule has 1 fully saturated rings. The molecular weight excluding hydrogens is 1390 g/mol. The molecule has 15 rings (SSSR count). The molecule has 14 aromatic carbocycles. The Morgan fingerprint density at radius 1 is 0.205 bits per heavy atom. The smallest absolute Gasteiger partial charge is 0.129 e. The van der Waals surface area contributed by atoms with E-state index in [0.29, 0.717) is 0 Å². The molecule has 14 aromatic rings. The number of thioether (sulfide) groups is 2. The SMILES string of the molecule is Cc1cc(-c2c(-c3ccc(-c4ccc(C(C)(C)C)cc4)cc3)cc(-c3ccccc3)cc2-c2ccc(-c3ccc(C(C)(C)C)cc3)cc2)cc(C)c1N=C1SCCSC1=Nc1c(C)cc(-c2c(-c3ccc(-c4ccc(C(C)(C)C)cc4)cc3)cc(-c3ccccc3)cc2-c2ccc(-c3ccc(C(C)(C)C)cc3)cc2)cc1C. The Labute approximate surface area is 675 Å². The average Bonchev–Trinajstić information content (AvgIpc) is 0.753. The van der Waals surface area contributed by atoms with Crippen LogP contribution in [0.4, 0.5) is 11.4 Å². The first-order valence-electron chi connectivity index (χ1n) is 39.6. The van der Waals surface area contributed by atoms with Crippen LogP contribution in [0.2, 0.25) is 0 Å². The minimum absolute atomic E-state index is 0.0726. The second kappa shape index (κ2) is 31.4. The van der Waals surface area contributed by atoms with Crippen LogP contribution in [0.3, 0.4) is 0 Å². The van der Waals surface area contributed by atoms with E-state index in [4.69, 9.17) is 9.98 Å². The highest BCUT2D eigenvalue weighted by Gasteiger charge is 2.26. The van der Waals surface area contributed by atoms with Crippen LogP contribution in [0.25, 0.3) is 134 Å². The zero-order valence-corrected chi connectivity index (χ0v) is 69.6. The van der Waals surface area contributed by atoms with Crippen molar-refractivity contribution in [1.29, 1.82) is 0 Å². The van der Waals surface area contributed by atoms with E-state index in [1.807, 2.05) is 23.5 Å². The zero-order chi connectivity index (χ0) is 78.4. The van der Waals surface area contributed by atoms with E-state index in [9.17, 15) is 0 Å². The topological polar surface area (TPSA) is 24.7 Å². The molecule has 1 aliphatic heterocycles. The number of rotatable bonds is 14. The van der Waals surface area contributed by atoms with E-state index in [-0.39, 0.29) is 21.7 Å². The molecular formula is C108H102N2S2. The van der Waals surface area contributed by atoms with Crippen molar-refractivity contribution in [2.24, 2.45) is 9.98 Å². The number of aryl methyl sites for hydroxylation is 4. The van der Waals surface area contributed by atoms with E-state index >= 15 is 0 Å². The van der Waals surface area contributed by atoms with Gasteiger partial charge in [-0.3, -0.25) is 0 Å².